The van der Waals surface area contributed by atoms with Crippen LogP contribution in [-0.2, 0) is 14.3 Å². The second-order valence-electron chi connectivity index (χ2n) is 7.33. The molecule has 0 radical (unpaired) electrons. The van der Waals surface area contributed by atoms with Gasteiger partial charge in [-0.15, -0.1) is 0 Å². The second-order valence-corrected chi connectivity index (χ2v) is 7.33. The average Bonchev–Trinajstić information content (AvgIpc) is 2.77. The number of unbranched alkanes of at least 4 members (excludes halogenated alkanes) is 7. The number of hydrogen-bond acceptors (Lipinski definition) is 4. The molecular weight excluding hydrogens is 376 g/mol. The Kier molecular flexibility index (Phi) is 14.7. The number of allylic oxidation sites excluding steroid dienone is 1. The molecule has 0 aliphatic carbocycles. The molecule has 1 atom stereocenters. The van der Waals surface area contributed by atoms with E-state index in [0.29, 0.717) is 12.0 Å². The van der Waals surface area contributed by atoms with Crippen LogP contribution in [0, 0.1) is 11.8 Å². The highest BCUT2D eigenvalue weighted by atomic mass is 16.5. The smallest absolute Gasteiger partial charge is 0.338 e. The summed E-state index contributed by atoms with van der Waals surface area (Å²) in [5, 5.41) is 0. The van der Waals surface area contributed by atoms with Crippen LogP contribution >= 0.6 is 0 Å². The summed E-state index contributed by atoms with van der Waals surface area (Å²) in [5.41, 5.74) is 0.560. The molecule has 0 N–H and O–H groups in total. The maximum Gasteiger partial charge on any atom is 0.338 e. The van der Waals surface area contributed by atoms with Crippen LogP contribution in [0.15, 0.2) is 42.5 Å². The van der Waals surface area contributed by atoms with E-state index >= 15 is 0 Å². The Bertz CT molecular complexity index is 682. The third-order valence-corrected chi connectivity index (χ3v) is 4.77. The van der Waals surface area contributed by atoms with Crippen LogP contribution in [-0.4, -0.2) is 25.2 Å². The van der Waals surface area contributed by atoms with E-state index in [9.17, 15) is 9.59 Å². The predicted octanol–water partition coefficient (Wildman–Crippen LogP) is 6.26. The van der Waals surface area contributed by atoms with Crippen LogP contribution in [0.4, 0.5) is 0 Å². The molecular formula is C26H36O4. The van der Waals surface area contributed by atoms with Crippen molar-refractivity contribution in [1.82, 2.24) is 0 Å². The van der Waals surface area contributed by atoms with E-state index in [2.05, 4.69) is 23.5 Å². The van der Waals surface area contributed by atoms with Crippen LogP contribution in [0.1, 0.15) is 87.9 Å². The van der Waals surface area contributed by atoms with Gasteiger partial charge < -0.3 is 9.47 Å². The third-order valence-electron chi connectivity index (χ3n) is 4.77. The van der Waals surface area contributed by atoms with E-state index in [0.717, 1.165) is 51.4 Å². The maximum atomic E-state index is 12.4. The molecule has 0 aliphatic heterocycles. The van der Waals surface area contributed by atoms with Gasteiger partial charge in [-0.25, -0.2) is 4.79 Å². The first-order chi connectivity index (χ1) is 14.7. The van der Waals surface area contributed by atoms with Gasteiger partial charge in [0, 0.05) is 12.8 Å². The second kappa shape index (κ2) is 17.3. The summed E-state index contributed by atoms with van der Waals surface area (Å²) in [4.78, 5) is 23.5. The number of ether oxygens (including phenoxy) is 2. The topological polar surface area (TPSA) is 52.6 Å². The molecule has 0 bridgehead atoms. The van der Waals surface area contributed by atoms with Crippen molar-refractivity contribution in [2.75, 3.05) is 7.11 Å². The summed E-state index contributed by atoms with van der Waals surface area (Å²) in [7, 11) is 1.42. The summed E-state index contributed by atoms with van der Waals surface area (Å²) >= 11 is 0. The lowest BCUT2D eigenvalue weighted by Crippen LogP contribution is -2.16. The van der Waals surface area contributed by atoms with Gasteiger partial charge in [0.05, 0.1) is 12.7 Å². The summed E-state index contributed by atoms with van der Waals surface area (Å²) in [6.45, 7) is 2.18. The number of benzene rings is 1. The quantitative estimate of drug-likeness (QED) is 0.206. The van der Waals surface area contributed by atoms with E-state index in [-0.39, 0.29) is 18.0 Å². The fourth-order valence-electron chi connectivity index (χ4n) is 2.97. The zero-order valence-electron chi connectivity index (χ0n) is 18.5. The highest BCUT2D eigenvalue weighted by Crippen LogP contribution is 2.14. The Labute approximate surface area is 182 Å². The molecule has 0 aromatic heterocycles. The molecule has 0 amide bonds. The molecule has 0 saturated heterocycles. The Morgan fingerprint density at radius 3 is 2.47 bits per heavy atom. The molecule has 0 fully saturated rings. The maximum absolute atomic E-state index is 12.4. The molecule has 0 saturated carbocycles. The number of carbonyl (C=O) groups excluding carboxylic acids is 2. The van der Waals surface area contributed by atoms with Gasteiger partial charge in [-0.3, -0.25) is 4.79 Å². The Morgan fingerprint density at radius 2 is 1.73 bits per heavy atom. The molecule has 1 rings (SSSR count). The molecule has 4 heteroatoms. The van der Waals surface area contributed by atoms with Crippen molar-refractivity contribution < 1.29 is 19.1 Å². The standard InChI is InChI=1S/C26H36O4/c1-3-4-5-6-7-9-15-20-24(30-26(28)23-18-13-12-14-19-23)21-16-10-8-11-17-22-25(27)29-2/h12-15,18-20,24H,3-6,8,10-11,16-17,21-22H2,1-2H3/b20-15+/t24-/m0/s1. The molecule has 164 valence electrons. The predicted molar refractivity (Wildman–Crippen MR) is 121 cm³/mol. The number of esters is 2. The van der Waals surface area contributed by atoms with Gasteiger partial charge in [0.2, 0.25) is 0 Å². The molecule has 1 aromatic rings. The van der Waals surface area contributed by atoms with Crippen molar-refractivity contribution in [1.29, 1.82) is 0 Å². The normalized spacial score (nSPS) is 11.5. The molecule has 30 heavy (non-hydrogen) atoms. The fourth-order valence-corrected chi connectivity index (χ4v) is 2.97. The minimum Gasteiger partial charge on any atom is -0.469 e. The highest BCUT2D eigenvalue weighted by Gasteiger charge is 2.13. The SMILES string of the molecule is CCCCCC#C/C=C/[C@@H](CCCCCCCC(=O)OC)OC(=O)c1ccccc1. The van der Waals surface area contributed by atoms with E-state index in [4.69, 9.17) is 4.74 Å². The van der Waals surface area contributed by atoms with Gasteiger partial charge in [-0.05, 0) is 50.0 Å². The van der Waals surface area contributed by atoms with Crippen LogP contribution < -0.4 is 0 Å². The van der Waals surface area contributed by atoms with Gasteiger partial charge in [0.25, 0.3) is 0 Å². The van der Waals surface area contributed by atoms with Crippen molar-refractivity contribution >= 4 is 11.9 Å². The number of hydrogen-bond donors (Lipinski definition) is 0. The zero-order chi connectivity index (χ0) is 21.9. The minimum atomic E-state index is -0.306. The van der Waals surface area contributed by atoms with Crippen molar-refractivity contribution in [3.05, 3.63) is 48.0 Å². The molecule has 4 nitrogen and oxygen atoms in total. The van der Waals surface area contributed by atoms with Crippen molar-refractivity contribution in [2.45, 2.75) is 83.7 Å². The molecule has 0 unspecified atom stereocenters. The van der Waals surface area contributed by atoms with E-state index in [1.54, 1.807) is 12.1 Å². The van der Waals surface area contributed by atoms with Crippen LogP contribution in [0.2, 0.25) is 0 Å². The largest absolute Gasteiger partial charge is 0.469 e. The van der Waals surface area contributed by atoms with Crippen molar-refractivity contribution in [2.24, 2.45) is 0 Å². The Balaban J connectivity index is 2.45. The summed E-state index contributed by atoms with van der Waals surface area (Å²) in [6.07, 6.45) is 14.0. The lowest BCUT2D eigenvalue weighted by Gasteiger charge is -2.14. The first-order valence-corrected chi connectivity index (χ1v) is 11.1. The van der Waals surface area contributed by atoms with Crippen LogP contribution in [0.25, 0.3) is 0 Å². The lowest BCUT2D eigenvalue weighted by molar-refractivity contribution is -0.140. The monoisotopic (exact) mass is 412 g/mol. The van der Waals surface area contributed by atoms with E-state index in [1.165, 1.54) is 20.0 Å². The molecule has 0 aliphatic rings. The van der Waals surface area contributed by atoms with Crippen LogP contribution in [0.5, 0.6) is 0 Å². The van der Waals surface area contributed by atoms with Crippen molar-refractivity contribution in [3.63, 3.8) is 0 Å². The Morgan fingerprint density at radius 1 is 1.00 bits per heavy atom. The first-order valence-electron chi connectivity index (χ1n) is 11.1. The number of carbonyl (C=O) groups is 2. The van der Waals surface area contributed by atoms with Crippen LogP contribution in [0.3, 0.4) is 0 Å². The zero-order valence-corrected chi connectivity index (χ0v) is 18.5. The fraction of sp³-hybridized carbons (Fsp3) is 0.538. The third kappa shape index (κ3) is 12.8. The van der Waals surface area contributed by atoms with Gasteiger partial charge in [0.1, 0.15) is 6.10 Å². The van der Waals surface area contributed by atoms with Gasteiger partial charge in [0.15, 0.2) is 0 Å². The first kappa shape index (κ1) is 25.5. The van der Waals surface area contributed by atoms with Gasteiger partial charge in [-0.1, -0.05) is 69.1 Å². The van der Waals surface area contributed by atoms with Gasteiger partial charge >= 0.3 is 11.9 Å². The summed E-state index contributed by atoms with van der Waals surface area (Å²) in [6, 6.07) is 9.06. The number of methoxy groups -OCH3 is 1. The van der Waals surface area contributed by atoms with E-state index < -0.39 is 0 Å². The number of rotatable bonds is 14. The lowest BCUT2D eigenvalue weighted by atomic mass is 10.1. The van der Waals surface area contributed by atoms with Gasteiger partial charge in [-0.2, -0.15) is 0 Å². The highest BCUT2D eigenvalue weighted by molar-refractivity contribution is 5.89. The molecule has 0 heterocycles. The van der Waals surface area contributed by atoms with E-state index in [1.807, 2.05) is 30.4 Å². The molecule has 0 spiro atoms. The minimum absolute atomic E-state index is 0.149. The van der Waals surface area contributed by atoms with Crippen molar-refractivity contribution in [3.8, 4) is 11.8 Å². The average molecular weight is 413 g/mol. The summed E-state index contributed by atoms with van der Waals surface area (Å²) < 4.78 is 10.4. The summed E-state index contributed by atoms with van der Waals surface area (Å²) in [5.74, 6) is 5.75. The molecule has 1 aromatic carbocycles. The Hall–Kier alpha value is -2.54.